The smallest absolute Gasteiger partial charge is 0.319 e. The molecular weight excluding hydrogens is 617 g/mol. The third kappa shape index (κ3) is 4.48. The van der Waals surface area contributed by atoms with Crippen molar-refractivity contribution in [3.63, 3.8) is 0 Å². The molecule has 2 aromatic heterocycles. The van der Waals surface area contributed by atoms with Gasteiger partial charge in [0.05, 0.1) is 34.4 Å². The molecule has 240 valence electrons. The minimum Gasteiger partial charge on any atom is -0.492 e. The first-order chi connectivity index (χ1) is 22.3. The van der Waals surface area contributed by atoms with Crippen LogP contribution in [0.3, 0.4) is 0 Å². The van der Waals surface area contributed by atoms with Gasteiger partial charge < -0.3 is 24.8 Å². The zero-order chi connectivity index (χ0) is 31.7. The van der Waals surface area contributed by atoms with Gasteiger partial charge >= 0.3 is 6.01 Å². The van der Waals surface area contributed by atoms with E-state index in [0.717, 1.165) is 37.1 Å². The zero-order valence-electron chi connectivity index (χ0n) is 25.4. The van der Waals surface area contributed by atoms with E-state index in [1.807, 2.05) is 0 Å². The Hall–Kier alpha value is -3.86. The largest absolute Gasteiger partial charge is 0.492 e. The molecule has 8 rings (SSSR count). The van der Waals surface area contributed by atoms with Crippen molar-refractivity contribution in [2.24, 2.45) is 0 Å². The molecule has 3 saturated heterocycles. The molecule has 1 unspecified atom stereocenters. The Bertz CT molecular complexity index is 1930. The first kappa shape index (κ1) is 29.5. The Morgan fingerprint density at radius 3 is 2.87 bits per heavy atom. The number of hydrogen-bond donors (Lipinski definition) is 1. The van der Waals surface area contributed by atoms with Crippen molar-refractivity contribution in [3.05, 3.63) is 34.9 Å². The van der Waals surface area contributed by atoms with Crippen LogP contribution in [0.4, 0.5) is 24.0 Å². The SMILES string of the molecule is Cc1c(-c2ccc(F)c3sc(N)c(C#N)c23)c(F)c2nc(OC[C@@]34CCCN3C[C@H](F)C4)nc3c2c1OCCC1CCOCCN31. The van der Waals surface area contributed by atoms with E-state index in [-0.39, 0.29) is 50.4 Å². The second-order valence-corrected chi connectivity index (χ2v) is 13.8. The van der Waals surface area contributed by atoms with Gasteiger partial charge in [0.1, 0.15) is 46.8 Å². The van der Waals surface area contributed by atoms with Crippen molar-refractivity contribution in [2.75, 3.05) is 56.7 Å². The molecule has 2 aromatic carbocycles. The van der Waals surface area contributed by atoms with Gasteiger partial charge in [0.15, 0.2) is 5.82 Å². The lowest BCUT2D eigenvalue weighted by Gasteiger charge is -2.35. The van der Waals surface area contributed by atoms with Crippen molar-refractivity contribution in [1.82, 2.24) is 14.9 Å². The van der Waals surface area contributed by atoms with Crippen LogP contribution in [0.15, 0.2) is 12.1 Å². The summed E-state index contributed by atoms with van der Waals surface area (Å²) in [5.41, 5.74) is 6.72. The van der Waals surface area contributed by atoms with Gasteiger partial charge in [-0.05, 0) is 44.4 Å². The number of anilines is 2. The van der Waals surface area contributed by atoms with Crippen molar-refractivity contribution in [1.29, 1.82) is 5.26 Å². The van der Waals surface area contributed by atoms with Gasteiger partial charge in [-0.1, -0.05) is 6.07 Å². The van der Waals surface area contributed by atoms with Crippen LogP contribution in [0.1, 0.15) is 43.2 Å². The first-order valence-electron chi connectivity index (χ1n) is 15.7. The maximum Gasteiger partial charge on any atom is 0.319 e. The molecule has 46 heavy (non-hydrogen) atoms. The maximum atomic E-state index is 17.2. The Morgan fingerprint density at radius 1 is 1.17 bits per heavy atom. The monoisotopic (exact) mass is 650 g/mol. The summed E-state index contributed by atoms with van der Waals surface area (Å²) in [6.07, 6.45) is 2.65. The zero-order valence-corrected chi connectivity index (χ0v) is 26.2. The van der Waals surface area contributed by atoms with Crippen LogP contribution in [0.5, 0.6) is 11.8 Å². The maximum absolute atomic E-state index is 17.2. The quantitative estimate of drug-likeness (QED) is 0.289. The van der Waals surface area contributed by atoms with Crippen LogP contribution in [-0.2, 0) is 4.74 Å². The van der Waals surface area contributed by atoms with Crippen molar-refractivity contribution in [3.8, 4) is 29.0 Å². The second-order valence-electron chi connectivity index (χ2n) is 12.7. The molecule has 4 aromatic rings. The van der Waals surface area contributed by atoms with Crippen LogP contribution in [0.25, 0.3) is 32.1 Å². The normalized spacial score (nSPS) is 24.6. The van der Waals surface area contributed by atoms with Crippen LogP contribution in [0, 0.1) is 29.9 Å². The van der Waals surface area contributed by atoms with E-state index in [2.05, 4.69) is 20.9 Å². The Balaban J connectivity index is 1.36. The van der Waals surface area contributed by atoms with Crippen LogP contribution < -0.4 is 20.1 Å². The lowest BCUT2D eigenvalue weighted by Crippen LogP contribution is -2.43. The summed E-state index contributed by atoms with van der Waals surface area (Å²) in [6, 6.07) is 4.85. The molecule has 0 spiro atoms. The second kappa shape index (κ2) is 11.1. The third-order valence-corrected chi connectivity index (χ3v) is 11.2. The van der Waals surface area contributed by atoms with Crippen LogP contribution in [-0.4, -0.2) is 78.7 Å². The first-order valence-corrected chi connectivity index (χ1v) is 16.5. The summed E-state index contributed by atoms with van der Waals surface area (Å²) in [7, 11) is 0. The van der Waals surface area contributed by atoms with E-state index in [4.69, 9.17) is 24.9 Å². The molecule has 4 aliphatic heterocycles. The Labute approximate surface area is 267 Å². The Kier molecular flexibility index (Phi) is 7.15. The number of alkyl halides is 1. The number of ether oxygens (including phenoxy) is 3. The molecule has 0 radical (unpaired) electrons. The number of aromatic nitrogens is 2. The van der Waals surface area contributed by atoms with E-state index >= 15 is 4.39 Å². The van der Waals surface area contributed by atoms with E-state index < -0.39 is 23.3 Å². The molecule has 0 amide bonds. The molecule has 13 heteroatoms. The molecule has 3 atom stereocenters. The van der Waals surface area contributed by atoms with Gasteiger partial charge in [-0.15, -0.1) is 11.3 Å². The van der Waals surface area contributed by atoms with Crippen molar-refractivity contribution < 1.29 is 27.4 Å². The number of halogens is 3. The standard InChI is InChI=1S/C33H33F3N6O3S/c1-17-23(20-3-4-22(35)29-24(20)21(14-37)30(38)46-29)26(36)27-25-28(17)44-11-6-19-5-10-43-12-9-42(19)31(25)40-32(39-27)45-16-33-7-2-8-41(33)15-18(34)13-33/h3-4,18-19H,2,5-13,15-16,38H2,1H3/t18-,19?,33+/m1/s1. The number of nitrogen functional groups attached to an aromatic ring is 1. The molecule has 0 bridgehead atoms. The van der Waals surface area contributed by atoms with E-state index in [1.54, 1.807) is 6.92 Å². The molecule has 0 saturated carbocycles. The predicted molar refractivity (Wildman–Crippen MR) is 169 cm³/mol. The van der Waals surface area contributed by atoms with E-state index in [1.165, 1.54) is 12.1 Å². The third-order valence-electron chi connectivity index (χ3n) is 10.2. The molecule has 3 fully saturated rings. The molecule has 9 nitrogen and oxygen atoms in total. The van der Waals surface area contributed by atoms with Gasteiger partial charge in [0.2, 0.25) is 0 Å². The number of nitrogens with zero attached hydrogens (tertiary/aromatic N) is 5. The van der Waals surface area contributed by atoms with Gasteiger partial charge in [-0.25, -0.2) is 13.2 Å². The summed E-state index contributed by atoms with van der Waals surface area (Å²) in [6.45, 7) is 5.11. The number of benzene rings is 2. The van der Waals surface area contributed by atoms with Crippen LogP contribution >= 0.6 is 11.3 Å². The summed E-state index contributed by atoms with van der Waals surface area (Å²) in [5.74, 6) is -0.286. The molecule has 4 aliphatic rings. The summed E-state index contributed by atoms with van der Waals surface area (Å²) in [4.78, 5) is 13.8. The van der Waals surface area contributed by atoms with E-state index in [9.17, 15) is 14.0 Å². The minimum absolute atomic E-state index is 0.00285. The number of nitriles is 1. The van der Waals surface area contributed by atoms with Gasteiger partial charge in [-0.2, -0.15) is 15.2 Å². The number of fused-ring (bicyclic) bond motifs is 4. The lowest BCUT2D eigenvalue weighted by molar-refractivity contribution is 0.107. The topological polar surface area (TPSA) is 110 Å². The van der Waals surface area contributed by atoms with E-state index in [0.29, 0.717) is 73.8 Å². The average molecular weight is 651 g/mol. The molecule has 6 heterocycles. The number of hydrogen-bond acceptors (Lipinski definition) is 10. The fraction of sp³-hybridized carbons (Fsp3) is 0.485. The summed E-state index contributed by atoms with van der Waals surface area (Å²) >= 11 is 0.958. The highest BCUT2D eigenvalue weighted by molar-refractivity contribution is 7.23. The van der Waals surface area contributed by atoms with Crippen LogP contribution in [0.2, 0.25) is 0 Å². The fourth-order valence-electron chi connectivity index (χ4n) is 8.01. The molecule has 0 aliphatic carbocycles. The van der Waals surface area contributed by atoms with Crippen molar-refractivity contribution in [2.45, 2.75) is 56.8 Å². The van der Waals surface area contributed by atoms with Gasteiger partial charge in [-0.3, -0.25) is 4.90 Å². The molecular formula is C33H33F3N6O3S. The van der Waals surface area contributed by atoms with Gasteiger partial charge in [0.25, 0.3) is 0 Å². The number of nitrogens with two attached hydrogens (primary N) is 1. The summed E-state index contributed by atoms with van der Waals surface area (Å²) < 4.78 is 65.5. The summed E-state index contributed by atoms with van der Waals surface area (Å²) in [5, 5.41) is 10.8. The minimum atomic E-state index is -0.924. The highest BCUT2D eigenvalue weighted by atomic mass is 32.1. The molecule has 2 N–H and O–H groups in total. The predicted octanol–water partition coefficient (Wildman–Crippen LogP) is 5.89. The lowest BCUT2D eigenvalue weighted by atomic mass is 9.92. The van der Waals surface area contributed by atoms with Crippen molar-refractivity contribution >= 4 is 43.1 Å². The highest BCUT2D eigenvalue weighted by Crippen LogP contribution is 2.49. The Morgan fingerprint density at radius 2 is 2.02 bits per heavy atom. The highest BCUT2D eigenvalue weighted by Gasteiger charge is 2.49. The number of rotatable bonds is 4. The fourth-order valence-corrected chi connectivity index (χ4v) is 8.96. The average Bonchev–Trinajstić information content (AvgIpc) is 3.61. The number of thiophene rings is 1. The van der Waals surface area contributed by atoms with Gasteiger partial charge in [0, 0.05) is 55.1 Å².